The quantitative estimate of drug-likeness (QED) is 0.365. The molecule has 0 aliphatic carbocycles. The minimum absolute atomic E-state index is 0.524. The first-order valence-electron chi connectivity index (χ1n) is 13.4. The van der Waals surface area contributed by atoms with Crippen molar-refractivity contribution in [1.29, 1.82) is 5.26 Å². The van der Waals surface area contributed by atoms with Crippen LogP contribution < -0.4 is 14.5 Å². The third kappa shape index (κ3) is 4.45. The van der Waals surface area contributed by atoms with E-state index in [2.05, 4.69) is 55.1 Å². The average molecular weight is 539 g/mol. The summed E-state index contributed by atoms with van der Waals surface area (Å²) in [6.45, 7) is 4.90. The lowest BCUT2D eigenvalue weighted by Gasteiger charge is -2.56. The van der Waals surface area contributed by atoms with Gasteiger partial charge in [-0.1, -0.05) is 6.07 Å². The van der Waals surface area contributed by atoms with Gasteiger partial charge >= 0.3 is 0 Å². The number of hydrogen-bond acceptors (Lipinski definition) is 9. The molecule has 4 aliphatic heterocycles. The molecule has 9 nitrogen and oxygen atoms in total. The average Bonchev–Trinajstić information content (AvgIpc) is 3.43. The topological polar surface area (TPSA) is 85.8 Å². The van der Waals surface area contributed by atoms with Crippen LogP contribution in [0.2, 0.25) is 0 Å². The van der Waals surface area contributed by atoms with E-state index in [4.69, 9.17) is 9.72 Å². The number of ether oxygens (including phenoxy) is 1. The van der Waals surface area contributed by atoms with Gasteiger partial charge in [0, 0.05) is 85.9 Å². The summed E-state index contributed by atoms with van der Waals surface area (Å²) < 4.78 is 7.04. The first-order valence-corrected chi connectivity index (χ1v) is 14.6. The molecule has 0 radical (unpaired) electrons. The summed E-state index contributed by atoms with van der Waals surface area (Å²) in [6.07, 6.45) is 8.81. The van der Waals surface area contributed by atoms with Crippen LogP contribution in [0.5, 0.6) is 5.88 Å². The Labute approximate surface area is 232 Å². The molecule has 4 aliphatic rings. The summed E-state index contributed by atoms with van der Waals surface area (Å²) in [5.41, 5.74) is 5.78. The number of nitriles is 1. The van der Waals surface area contributed by atoms with Crippen LogP contribution in [0, 0.1) is 11.3 Å². The lowest BCUT2D eigenvalue weighted by molar-refractivity contribution is -0.00876. The van der Waals surface area contributed by atoms with E-state index in [1.54, 1.807) is 13.3 Å². The van der Waals surface area contributed by atoms with Crippen molar-refractivity contribution in [3.63, 3.8) is 0 Å². The van der Waals surface area contributed by atoms with E-state index < -0.39 is 0 Å². The van der Waals surface area contributed by atoms with Gasteiger partial charge in [0.2, 0.25) is 5.88 Å². The molecule has 2 bridgehead atoms. The third-order valence-electron chi connectivity index (χ3n) is 8.19. The number of fused-ring (bicyclic) bond motifs is 3. The van der Waals surface area contributed by atoms with Gasteiger partial charge in [-0.3, -0.25) is 4.90 Å². The van der Waals surface area contributed by atoms with E-state index in [-0.39, 0.29) is 0 Å². The van der Waals surface area contributed by atoms with Gasteiger partial charge in [-0.25, -0.2) is 14.5 Å². The Balaban J connectivity index is 1.10. The summed E-state index contributed by atoms with van der Waals surface area (Å²) in [4.78, 5) is 16.7. The Hall–Kier alpha value is -3.81. The molecule has 0 N–H and O–H groups in total. The highest BCUT2D eigenvalue weighted by atomic mass is 32.2. The molecule has 0 amide bonds. The maximum atomic E-state index is 9.74. The molecule has 39 heavy (non-hydrogen) atoms. The molecule has 4 fully saturated rings. The van der Waals surface area contributed by atoms with Crippen molar-refractivity contribution in [3.8, 4) is 23.1 Å². The number of rotatable bonds is 6. The molecule has 4 aromatic rings. The molecule has 198 valence electrons. The zero-order valence-electron chi connectivity index (χ0n) is 21.9. The maximum Gasteiger partial charge on any atom is 0.212 e. The zero-order valence-corrected chi connectivity index (χ0v) is 22.7. The Bertz CT molecular complexity index is 1510. The highest BCUT2D eigenvalue weighted by Crippen LogP contribution is 2.37. The fraction of sp³-hybridized carbons (Fsp3) is 0.379. The SMILES string of the molecule is COc1ccc(CN2C3CC2CN(c2ccc(-c4cc(N5CCSCC5)cn5ncc(C#N)c45)cn2)C3)cn1. The van der Waals surface area contributed by atoms with Crippen molar-refractivity contribution < 1.29 is 4.74 Å². The monoisotopic (exact) mass is 538 g/mol. The summed E-state index contributed by atoms with van der Waals surface area (Å²) in [5, 5.41) is 14.2. The van der Waals surface area contributed by atoms with Crippen LogP contribution in [-0.2, 0) is 6.54 Å². The van der Waals surface area contributed by atoms with E-state index in [1.165, 1.54) is 12.0 Å². The van der Waals surface area contributed by atoms with Crippen LogP contribution in [0.15, 0.2) is 55.1 Å². The summed E-state index contributed by atoms with van der Waals surface area (Å²) >= 11 is 1.99. The summed E-state index contributed by atoms with van der Waals surface area (Å²) in [5.74, 6) is 3.91. The molecule has 10 heteroatoms. The fourth-order valence-corrected chi connectivity index (χ4v) is 7.01. The Morgan fingerprint density at radius 1 is 1.03 bits per heavy atom. The molecule has 2 atom stereocenters. The van der Waals surface area contributed by atoms with E-state index in [1.807, 2.05) is 40.9 Å². The molecule has 4 saturated heterocycles. The van der Waals surface area contributed by atoms with Crippen LogP contribution in [0.4, 0.5) is 11.5 Å². The number of thioether (sulfide) groups is 1. The highest BCUT2D eigenvalue weighted by molar-refractivity contribution is 7.99. The van der Waals surface area contributed by atoms with Gasteiger partial charge in [0.05, 0.1) is 36.3 Å². The number of aromatic nitrogens is 4. The van der Waals surface area contributed by atoms with Gasteiger partial charge in [0.15, 0.2) is 0 Å². The van der Waals surface area contributed by atoms with Gasteiger partial charge in [-0.2, -0.15) is 22.1 Å². The Morgan fingerprint density at radius 3 is 2.56 bits per heavy atom. The largest absolute Gasteiger partial charge is 0.481 e. The number of anilines is 2. The second kappa shape index (κ2) is 10.1. The molecule has 8 rings (SSSR count). The van der Waals surface area contributed by atoms with Gasteiger partial charge in [-0.15, -0.1) is 0 Å². The number of methoxy groups -OCH3 is 1. The second-order valence-corrected chi connectivity index (χ2v) is 11.6. The van der Waals surface area contributed by atoms with Crippen molar-refractivity contribution in [2.24, 2.45) is 0 Å². The van der Waals surface area contributed by atoms with E-state index in [9.17, 15) is 5.26 Å². The summed E-state index contributed by atoms with van der Waals surface area (Å²) in [6, 6.07) is 13.9. The van der Waals surface area contributed by atoms with Crippen LogP contribution in [0.1, 0.15) is 17.5 Å². The normalized spacial score (nSPS) is 21.0. The summed E-state index contributed by atoms with van der Waals surface area (Å²) in [7, 11) is 1.64. The molecule has 0 aromatic carbocycles. The number of pyridine rings is 3. The highest BCUT2D eigenvalue weighted by Gasteiger charge is 2.44. The molecule has 8 heterocycles. The second-order valence-electron chi connectivity index (χ2n) is 10.4. The first kappa shape index (κ1) is 24.2. The standard InChI is InChI=1S/C29H30N8OS/c1-38-28-5-2-20(13-32-28)16-36-24-10-25(36)18-35(17-24)27-4-3-21(14-31-27)26-11-23(34-6-8-39-9-7-34)19-37-29(26)22(12-30)15-33-37/h2-5,11,13-15,19,24-25H,6-10,16-18H2,1H3. The van der Waals surface area contributed by atoms with Gasteiger partial charge in [0.25, 0.3) is 0 Å². The lowest BCUT2D eigenvalue weighted by atomic mass is 9.87. The van der Waals surface area contributed by atoms with Crippen molar-refractivity contribution >= 4 is 28.8 Å². The van der Waals surface area contributed by atoms with Gasteiger partial charge < -0.3 is 14.5 Å². The van der Waals surface area contributed by atoms with Crippen LogP contribution >= 0.6 is 11.8 Å². The van der Waals surface area contributed by atoms with Crippen molar-refractivity contribution in [2.45, 2.75) is 25.0 Å². The lowest BCUT2D eigenvalue weighted by Crippen LogP contribution is -2.68. The number of piperazine rings is 1. The van der Waals surface area contributed by atoms with E-state index in [0.29, 0.717) is 23.5 Å². The first-order chi connectivity index (χ1) is 19.2. The maximum absolute atomic E-state index is 9.74. The molecule has 2 unspecified atom stereocenters. The fourth-order valence-electron chi connectivity index (χ4n) is 6.10. The minimum Gasteiger partial charge on any atom is -0.481 e. The molecule has 4 aromatic heterocycles. The number of hydrogen-bond donors (Lipinski definition) is 0. The predicted molar refractivity (Wildman–Crippen MR) is 153 cm³/mol. The Morgan fingerprint density at radius 2 is 1.87 bits per heavy atom. The number of nitrogens with zero attached hydrogens (tertiary/aromatic N) is 8. The molecular formula is C29H30N8OS. The smallest absolute Gasteiger partial charge is 0.212 e. The van der Waals surface area contributed by atoms with Crippen LogP contribution in [-0.4, -0.2) is 81.4 Å². The molecule has 0 spiro atoms. The van der Waals surface area contributed by atoms with Gasteiger partial charge in [-0.05, 0) is 30.2 Å². The van der Waals surface area contributed by atoms with E-state index >= 15 is 0 Å². The van der Waals surface area contributed by atoms with Crippen molar-refractivity contribution in [1.82, 2.24) is 24.5 Å². The van der Waals surface area contributed by atoms with E-state index in [0.717, 1.165) is 72.4 Å². The Kier molecular flexibility index (Phi) is 6.25. The number of piperidine rings is 1. The molecular weight excluding hydrogens is 508 g/mol. The van der Waals surface area contributed by atoms with Crippen LogP contribution in [0.3, 0.4) is 0 Å². The predicted octanol–water partition coefficient (Wildman–Crippen LogP) is 3.69. The van der Waals surface area contributed by atoms with Crippen molar-refractivity contribution in [2.75, 3.05) is 54.6 Å². The van der Waals surface area contributed by atoms with Crippen LogP contribution in [0.25, 0.3) is 16.6 Å². The van der Waals surface area contributed by atoms with Crippen molar-refractivity contribution in [3.05, 3.63) is 66.2 Å². The van der Waals surface area contributed by atoms with Gasteiger partial charge in [0.1, 0.15) is 11.9 Å². The minimum atomic E-state index is 0.524. The zero-order chi connectivity index (χ0) is 26.3. The third-order valence-corrected chi connectivity index (χ3v) is 9.14. The molecule has 0 saturated carbocycles.